The van der Waals surface area contributed by atoms with Gasteiger partial charge < -0.3 is 14.8 Å². The van der Waals surface area contributed by atoms with Gasteiger partial charge in [-0.2, -0.15) is 5.26 Å². The zero-order chi connectivity index (χ0) is 28.5. The molecular formula is C31H28ClN3O4S. The van der Waals surface area contributed by atoms with Gasteiger partial charge in [-0.25, -0.2) is 4.79 Å². The summed E-state index contributed by atoms with van der Waals surface area (Å²) in [6.45, 7) is 2.05. The van der Waals surface area contributed by atoms with E-state index in [1.807, 2.05) is 60.7 Å². The van der Waals surface area contributed by atoms with E-state index in [2.05, 4.69) is 11.4 Å². The summed E-state index contributed by atoms with van der Waals surface area (Å²) < 4.78 is 10.4. The van der Waals surface area contributed by atoms with Crippen LogP contribution in [0.2, 0.25) is 5.02 Å². The van der Waals surface area contributed by atoms with Crippen molar-refractivity contribution < 1.29 is 19.1 Å². The summed E-state index contributed by atoms with van der Waals surface area (Å²) in [4.78, 5) is 28.5. The van der Waals surface area contributed by atoms with E-state index in [0.29, 0.717) is 21.3 Å². The van der Waals surface area contributed by atoms with Crippen molar-refractivity contribution in [2.45, 2.75) is 12.8 Å². The molecule has 0 bridgehead atoms. The highest BCUT2D eigenvalue weighted by Gasteiger charge is 2.37. The predicted octanol–water partition coefficient (Wildman–Crippen LogP) is 6.32. The van der Waals surface area contributed by atoms with E-state index in [0.717, 1.165) is 11.4 Å². The molecule has 0 aromatic heterocycles. The van der Waals surface area contributed by atoms with Gasteiger partial charge in [0.2, 0.25) is 5.91 Å². The molecule has 4 rings (SSSR count). The quantitative estimate of drug-likeness (QED) is 0.224. The van der Waals surface area contributed by atoms with Gasteiger partial charge >= 0.3 is 5.97 Å². The maximum atomic E-state index is 13.6. The Morgan fingerprint density at radius 3 is 2.15 bits per heavy atom. The molecule has 0 saturated carbocycles. The Morgan fingerprint density at radius 1 is 0.975 bits per heavy atom. The van der Waals surface area contributed by atoms with Gasteiger partial charge in [0, 0.05) is 29.2 Å². The normalized spacial score (nSPS) is 14.8. The average Bonchev–Trinajstić information content (AvgIpc) is 2.97. The van der Waals surface area contributed by atoms with Crippen LogP contribution in [0, 0.1) is 11.3 Å². The minimum atomic E-state index is -0.771. The lowest BCUT2D eigenvalue weighted by atomic mass is 9.82. The van der Waals surface area contributed by atoms with Crippen LogP contribution in [0.5, 0.6) is 0 Å². The number of hydrogen-bond donors (Lipinski definition) is 1. The molecule has 0 aliphatic carbocycles. The highest BCUT2D eigenvalue weighted by atomic mass is 35.5. The minimum absolute atomic E-state index is 0.0352. The molecule has 1 unspecified atom stereocenters. The fourth-order valence-electron chi connectivity index (χ4n) is 4.40. The number of thioether (sulfide) groups is 1. The van der Waals surface area contributed by atoms with Crippen LogP contribution < -0.4 is 10.2 Å². The summed E-state index contributed by atoms with van der Waals surface area (Å²) in [5.41, 5.74) is 3.14. The lowest BCUT2D eigenvalue weighted by molar-refractivity contribution is -0.140. The SMILES string of the molecule is COCCOC(=O)C1=C(C)NC(SCC(=O)N(c2ccccc2)c2ccccc2)=C(C#N)C1c1ccccc1Cl. The Kier molecular flexibility index (Phi) is 10.0. The number of ether oxygens (including phenoxy) is 2. The molecule has 3 aromatic rings. The summed E-state index contributed by atoms with van der Waals surface area (Å²) in [5, 5.41) is 14.4. The van der Waals surface area contributed by atoms with Crippen LogP contribution in [0.15, 0.2) is 107 Å². The van der Waals surface area contributed by atoms with E-state index in [-0.39, 0.29) is 36.0 Å². The fourth-order valence-corrected chi connectivity index (χ4v) is 5.59. The van der Waals surface area contributed by atoms with Crippen LogP contribution in [0.4, 0.5) is 11.4 Å². The van der Waals surface area contributed by atoms with Crippen LogP contribution >= 0.6 is 23.4 Å². The van der Waals surface area contributed by atoms with E-state index >= 15 is 0 Å². The second kappa shape index (κ2) is 13.9. The van der Waals surface area contributed by atoms with Crippen molar-refractivity contribution in [3.05, 3.63) is 117 Å². The number of benzene rings is 3. The number of nitrogens with one attached hydrogen (secondary N) is 1. The number of hydrogen-bond acceptors (Lipinski definition) is 7. The lowest BCUT2D eigenvalue weighted by Gasteiger charge is -2.30. The van der Waals surface area contributed by atoms with E-state index < -0.39 is 11.9 Å². The number of nitrogens with zero attached hydrogens (tertiary/aromatic N) is 2. The standard InChI is InChI=1S/C31H28ClN3O4S/c1-21-28(31(37)39-18-17-38-2)29(24-15-9-10-16-26(24)32)25(19-33)30(34-21)40-20-27(36)35(22-11-5-3-6-12-22)23-13-7-4-8-14-23/h3-16,29,34H,17-18,20H2,1-2H3. The monoisotopic (exact) mass is 573 g/mol. The Morgan fingerprint density at radius 2 is 1.57 bits per heavy atom. The third kappa shape index (κ3) is 6.57. The largest absolute Gasteiger partial charge is 0.460 e. The maximum absolute atomic E-state index is 13.6. The van der Waals surface area contributed by atoms with E-state index in [9.17, 15) is 14.9 Å². The summed E-state index contributed by atoms with van der Waals surface area (Å²) in [6, 6.07) is 28.1. The maximum Gasteiger partial charge on any atom is 0.336 e. The number of halogens is 1. The van der Waals surface area contributed by atoms with Gasteiger partial charge in [0.25, 0.3) is 0 Å². The number of rotatable bonds is 10. The first kappa shape index (κ1) is 29.0. The van der Waals surface area contributed by atoms with Crippen molar-refractivity contribution in [3.63, 3.8) is 0 Å². The molecule has 1 aliphatic heterocycles. The van der Waals surface area contributed by atoms with Gasteiger partial charge in [-0.15, -0.1) is 0 Å². The van der Waals surface area contributed by atoms with Crippen molar-refractivity contribution in [2.24, 2.45) is 0 Å². The van der Waals surface area contributed by atoms with Gasteiger partial charge in [0.05, 0.1) is 40.5 Å². The molecule has 0 saturated heterocycles. The van der Waals surface area contributed by atoms with Crippen LogP contribution in [0.1, 0.15) is 18.4 Å². The molecule has 9 heteroatoms. The average molecular weight is 574 g/mol. The van der Waals surface area contributed by atoms with Crippen molar-refractivity contribution in [2.75, 3.05) is 31.0 Å². The summed E-state index contributed by atoms with van der Waals surface area (Å²) in [6.07, 6.45) is 0. The van der Waals surface area contributed by atoms with Crippen LogP contribution in [-0.2, 0) is 19.1 Å². The number of anilines is 2. The van der Waals surface area contributed by atoms with Gasteiger partial charge in [-0.3, -0.25) is 9.69 Å². The lowest BCUT2D eigenvalue weighted by Crippen LogP contribution is -2.31. The molecule has 1 N–H and O–H groups in total. The molecule has 3 aromatic carbocycles. The highest BCUT2D eigenvalue weighted by Crippen LogP contribution is 2.43. The van der Waals surface area contributed by atoms with Gasteiger partial charge in [-0.1, -0.05) is 78.0 Å². The molecule has 204 valence electrons. The molecule has 40 heavy (non-hydrogen) atoms. The molecular weight excluding hydrogens is 546 g/mol. The van der Waals surface area contributed by atoms with Crippen LogP contribution in [0.25, 0.3) is 0 Å². The van der Waals surface area contributed by atoms with Crippen molar-refractivity contribution in [1.82, 2.24) is 5.32 Å². The summed E-state index contributed by atoms with van der Waals surface area (Å²) in [5.74, 6) is -1.48. The van der Waals surface area contributed by atoms with E-state index in [1.54, 1.807) is 36.1 Å². The zero-order valence-corrected chi connectivity index (χ0v) is 23.7. The Hall–Kier alpha value is -4.03. The van der Waals surface area contributed by atoms with E-state index in [4.69, 9.17) is 21.1 Å². The Labute approximate surface area is 243 Å². The molecule has 0 spiro atoms. The van der Waals surface area contributed by atoms with Gasteiger partial charge in [0.1, 0.15) is 6.61 Å². The van der Waals surface area contributed by atoms with E-state index in [1.165, 1.54) is 18.9 Å². The summed E-state index contributed by atoms with van der Waals surface area (Å²) in [7, 11) is 1.52. The number of para-hydroxylation sites is 2. The van der Waals surface area contributed by atoms with Gasteiger partial charge in [-0.05, 0) is 42.8 Å². The van der Waals surface area contributed by atoms with Crippen molar-refractivity contribution in [3.8, 4) is 6.07 Å². The summed E-state index contributed by atoms with van der Waals surface area (Å²) >= 11 is 7.77. The number of dihydropyridines is 1. The highest BCUT2D eigenvalue weighted by molar-refractivity contribution is 8.03. The van der Waals surface area contributed by atoms with Crippen LogP contribution in [0.3, 0.4) is 0 Å². The van der Waals surface area contributed by atoms with Crippen molar-refractivity contribution in [1.29, 1.82) is 5.26 Å². The molecule has 7 nitrogen and oxygen atoms in total. The topological polar surface area (TPSA) is 91.7 Å². The molecule has 0 radical (unpaired) electrons. The third-order valence-electron chi connectivity index (χ3n) is 6.22. The molecule has 1 aliphatic rings. The number of nitriles is 1. The first-order valence-electron chi connectivity index (χ1n) is 12.5. The second-order valence-corrected chi connectivity index (χ2v) is 10.2. The number of carbonyl (C=O) groups excluding carboxylic acids is 2. The molecule has 1 heterocycles. The number of methoxy groups -OCH3 is 1. The number of carbonyl (C=O) groups is 2. The second-order valence-electron chi connectivity index (χ2n) is 8.79. The first-order chi connectivity index (χ1) is 19.5. The minimum Gasteiger partial charge on any atom is -0.460 e. The van der Waals surface area contributed by atoms with Gasteiger partial charge in [0.15, 0.2) is 0 Å². The number of esters is 1. The predicted molar refractivity (Wildman–Crippen MR) is 158 cm³/mol. The molecule has 1 amide bonds. The molecule has 0 fully saturated rings. The number of amides is 1. The zero-order valence-electron chi connectivity index (χ0n) is 22.1. The third-order valence-corrected chi connectivity index (χ3v) is 7.57. The molecule has 1 atom stereocenters. The Balaban J connectivity index is 1.67. The fraction of sp³-hybridized carbons (Fsp3) is 0.194. The number of allylic oxidation sites excluding steroid dienone is 2. The Bertz CT molecular complexity index is 1430. The smallest absolute Gasteiger partial charge is 0.336 e. The first-order valence-corrected chi connectivity index (χ1v) is 13.9. The van der Waals surface area contributed by atoms with Crippen molar-refractivity contribution >= 4 is 46.6 Å². The van der Waals surface area contributed by atoms with Crippen LogP contribution in [-0.4, -0.2) is 38.0 Å².